The van der Waals surface area contributed by atoms with Crippen LogP contribution >= 0.6 is 0 Å². The Bertz CT molecular complexity index is 1340. The van der Waals surface area contributed by atoms with Crippen molar-refractivity contribution in [2.24, 2.45) is 20.0 Å². The molecule has 0 bridgehead atoms. The van der Waals surface area contributed by atoms with Gasteiger partial charge in [0.05, 0.1) is 40.6 Å². The fourth-order valence-corrected chi connectivity index (χ4v) is 4.38. The second-order valence-corrected chi connectivity index (χ2v) is 8.48. The number of amides is 2. The van der Waals surface area contributed by atoms with Crippen LogP contribution in [0.5, 0.6) is 0 Å². The second kappa shape index (κ2) is 9.77. The molecule has 1 aliphatic rings. The molecule has 35 heavy (non-hydrogen) atoms. The van der Waals surface area contributed by atoms with Crippen molar-refractivity contribution < 1.29 is 23.1 Å². The average Bonchev–Trinajstić information content (AvgIpc) is 3.04. The largest absolute Gasteiger partial charge is 0.466 e. The van der Waals surface area contributed by atoms with Gasteiger partial charge in [-0.25, -0.2) is 18.4 Å². The van der Waals surface area contributed by atoms with Gasteiger partial charge >= 0.3 is 17.7 Å². The van der Waals surface area contributed by atoms with E-state index in [-0.39, 0.29) is 23.3 Å². The molecule has 186 valence electrons. The molecule has 11 heteroatoms. The van der Waals surface area contributed by atoms with Crippen LogP contribution < -0.4 is 21.2 Å². The minimum Gasteiger partial charge on any atom is -0.466 e. The number of hydrogen-bond acceptors (Lipinski definition) is 5. The minimum absolute atomic E-state index is 0.202. The van der Waals surface area contributed by atoms with E-state index in [1.165, 1.54) is 9.13 Å². The number of imidazole rings is 1. The van der Waals surface area contributed by atoms with E-state index in [0.717, 1.165) is 18.2 Å². The van der Waals surface area contributed by atoms with Crippen molar-refractivity contribution in [3.63, 3.8) is 0 Å². The Morgan fingerprint density at radius 2 is 1.63 bits per heavy atom. The highest BCUT2D eigenvalue weighted by atomic mass is 19.1. The Labute approximate surface area is 200 Å². The van der Waals surface area contributed by atoms with Crippen LogP contribution in [0.15, 0.2) is 35.1 Å². The number of nitrogens with zero attached hydrogens (tertiary/aromatic N) is 3. The number of piperidine rings is 1. The van der Waals surface area contributed by atoms with Crippen molar-refractivity contribution in [3.8, 4) is 0 Å². The van der Waals surface area contributed by atoms with Gasteiger partial charge in [0, 0.05) is 33.3 Å². The summed E-state index contributed by atoms with van der Waals surface area (Å²) in [6, 6.07) is 5.48. The number of ether oxygens (including phenoxy) is 1. The van der Waals surface area contributed by atoms with Crippen molar-refractivity contribution in [2.75, 3.05) is 35.2 Å². The van der Waals surface area contributed by atoms with Gasteiger partial charge in [-0.2, -0.15) is 0 Å². The van der Waals surface area contributed by atoms with E-state index in [4.69, 9.17) is 4.74 Å². The molecule has 9 nitrogen and oxygen atoms in total. The predicted molar refractivity (Wildman–Crippen MR) is 129 cm³/mol. The molecule has 4 rings (SSSR count). The maximum atomic E-state index is 14.0. The number of halogens is 2. The van der Waals surface area contributed by atoms with Gasteiger partial charge in [0.2, 0.25) is 0 Å². The van der Waals surface area contributed by atoms with Crippen LogP contribution in [0, 0.1) is 17.6 Å². The first-order valence-electron chi connectivity index (χ1n) is 11.3. The molecule has 3 aromatic rings. The lowest BCUT2D eigenvalue weighted by molar-refractivity contribution is -0.148. The molecule has 0 spiro atoms. The van der Waals surface area contributed by atoms with Gasteiger partial charge in [-0.3, -0.25) is 13.9 Å². The Hall–Kier alpha value is -3.89. The third kappa shape index (κ3) is 4.84. The van der Waals surface area contributed by atoms with Crippen LogP contribution in [0.2, 0.25) is 0 Å². The van der Waals surface area contributed by atoms with Crippen LogP contribution in [0.1, 0.15) is 19.8 Å². The Morgan fingerprint density at radius 3 is 2.29 bits per heavy atom. The summed E-state index contributed by atoms with van der Waals surface area (Å²) in [5, 5.41) is 5.03. The van der Waals surface area contributed by atoms with Crippen LogP contribution in [0.4, 0.5) is 30.6 Å². The first-order valence-corrected chi connectivity index (χ1v) is 11.3. The molecule has 0 radical (unpaired) electrons. The number of esters is 1. The van der Waals surface area contributed by atoms with Gasteiger partial charge in [0.15, 0.2) is 0 Å². The molecule has 0 aliphatic carbocycles. The molecule has 0 unspecified atom stereocenters. The van der Waals surface area contributed by atoms with Crippen LogP contribution in [-0.4, -0.2) is 40.8 Å². The Balaban J connectivity index is 1.65. The molecular formula is C24H27F2N5O4. The number of hydrogen-bond donors (Lipinski definition) is 2. The highest BCUT2D eigenvalue weighted by Gasteiger charge is 2.28. The third-order valence-electron chi connectivity index (χ3n) is 6.27. The van der Waals surface area contributed by atoms with Crippen molar-refractivity contribution in [3.05, 3.63) is 52.5 Å². The maximum absolute atomic E-state index is 14.0. The van der Waals surface area contributed by atoms with E-state index in [0.29, 0.717) is 54.9 Å². The zero-order valence-corrected chi connectivity index (χ0v) is 19.7. The van der Waals surface area contributed by atoms with Gasteiger partial charge in [0.1, 0.15) is 11.6 Å². The number of anilines is 3. The van der Waals surface area contributed by atoms with E-state index in [1.54, 1.807) is 33.2 Å². The molecule has 1 fully saturated rings. The summed E-state index contributed by atoms with van der Waals surface area (Å²) in [6.07, 6.45) is 1.15. The molecule has 1 saturated heterocycles. The number of aromatic nitrogens is 2. The summed E-state index contributed by atoms with van der Waals surface area (Å²) in [5.41, 5.74) is 1.78. The van der Waals surface area contributed by atoms with E-state index < -0.39 is 17.7 Å². The van der Waals surface area contributed by atoms with Crippen molar-refractivity contribution in [1.29, 1.82) is 0 Å². The first kappa shape index (κ1) is 24.2. The molecule has 1 aromatic heterocycles. The lowest BCUT2D eigenvalue weighted by atomic mass is 9.96. The Kier molecular flexibility index (Phi) is 6.77. The average molecular weight is 488 g/mol. The summed E-state index contributed by atoms with van der Waals surface area (Å²) >= 11 is 0. The zero-order valence-electron chi connectivity index (χ0n) is 19.7. The SMILES string of the molecule is CCOC(=O)C1CCN(c2cc3c(cc2NC(=O)Nc2cc(F)ccc2F)n(C)c(=O)n3C)CC1. The van der Waals surface area contributed by atoms with Crippen LogP contribution in [0.25, 0.3) is 11.0 Å². The second-order valence-electron chi connectivity index (χ2n) is 8.48. The molecule has 2 amide bonds. The van der Waals surface area contributed by atoms with Gasteiger partial charge < -0.3 is 20.3 Å². The fraction of sp³-hybridized carbons (Fsp3) is 0.375. The fourth-order valence-electron chi connectivity index (χ4n) is 4.38. The van der Waals surface area contributed by atoms with Crippen LogP contribution in [-0.2, 0) is 23.6 Å². The summed E-state index contributed by atoms with van der Waals surface area (Å²) in [5.74, 6) is -1.88. The molecule has 0 saturated carbocycles. The number of aryl methyl sites for hydroxylation is 2. The van der Waals surface area contributed by atoms with Gasteiger partial charge in [0.25, 0.3) is 0 Å². The minimum atomic E-state index is -0.774. The number of nitrogens with one attached hydrogen (secondary N) is 2. The molecular weight excluding hydrogens is 460 g/mol. The molecule has 2 aromatic carbocycles. The maximum Gasteiger partial charge on any atom is 0.328 e. The molecule has 2 N–H and O–H groups in total. The summed E-state index contributed by atoms with van der Waals surface area (Å²) < 4.78 is 35.6. The Morgan fingerprint density at radius 1 is 1.00 bits per heavy atom. The topological polar surface area (TPSA) is 97.6 Å². The molecule has 1 aliphatic heterocycles. The summed E-state index contributed by atoms with van der Waals surface area (Å²) in [7, 11) is 3.29. The number of carbonyl (C=O) groups is 2. The predicted octanol–water partition coefficient (Wildman–Crippen LogP) is 3.58. The van der Waals surface area contributed by atoms with Crippen molar-refractivity contribution >= 4 is 40.1 Å². The normalized spacial score (nSPS) is 14.3. The van der Waals surface area contributed by atoms with E-state index >= 15 is 0 Å². The quantitative estimate of drug-likeness (QED) is 0.537. The lowest BCUT2D eigenvalue weighted by Gasteiger charge is -2.34. The highest BCUT2D eigenvalue weighted by Crippen LogP contribution is 2.34. The smallest absolute Gasteiger partial charge is 0.328 e. The zero-order chi connectivity index (χ0) is 25.3. The monoisotopic (exact) mass is 487 g/mol. The number of urea groups is 1. The first-order chi connectivity index (χ1) is 16.7. The number of rotatable bonds is 5. The van der Waals surface area contributed by atoms with E-state index in [9.17, 15) is 23.2 Å². The standard InChI is InChI=1S/C24H27F2N5O4/c1-4-35-22(32)14-7-9-31(10-8-14)19-13-21-20(29(2)24(34)30(21)3)12-18(19)28-23(33)27-17-11-15(25)5-6-16(17)26/h5-6,11-14H,4,7-10H2,1-3H3,(H2,27,28,33). The van der Waals surface area contributed by atoms with E-state index in [1.807, 2.05) is 4.90 Å². The number of carbonyl (C=O) groups excluding carboxylic acids is 2. The molecule has 2 heterocycles. The summed E-state index contributed by atoms with van der Waals surface area (Å²) in [6.45, 7) is 3.16. The van der Waals surface area contributed by atoms with Gasteiger partial charge in [-0.1, -0.05) is 0 Å². The van der Waals surface area contributed by atoms with Crippen LogP contribution in [0.3, 0.4) is 0 Å². The van der Waals surface area contributed by atoms with Gasteiger partial charge in [-0.15, -0.1) is 0 Å². The number of benzene rings is 2. The summed E-state index contributed by atoms with van der Waals surface area (Å²) in [4.78, 5) is 39.4. The molecule has 0 atom stereocenters. The lowest BCUT2D eigenvalue weighted by Crippen LogP contribution is -2.37. The van der Waals surface area contributed by atoms with Gasteiger partial charge in [-0.05, 0) is 44.0 Å². The number of fused-ring (bicyclic) bond motifs is 1. The van der Waals surface area contributed by atoms with Crippen molar-refractivity contribution in [2.45, 2.75) is 19.8 Å². The van der Waals surface area contributed by atoms with E-state index in [2.05, 4.69) is 10.6 Å². The third-order valence-corrected chi connectivity index (χ3v) is 6.27. The van der Waals surface area contributed by atoms with Crippen molar-refractivity contribution in [1.82, 2.24) is 9.13 Å². The highest BCUT2D eigenvalue weighted by molar-refractivity contribution is 6.04.